The first-order valence-electron chi connectivity index (χ1n) is 8.33. The Hall–Kier alpha value is -3.13. The summed E-state index contributed by atoms with van der Waals surface area (Å²) in [5.74, 6) is -3.06. The number of thiophene rings is 1. The summed E-state index contributed by atoms with van der Waals surface area (Å²) in [6.07, 6.45) is 0.718. The van der Waals surface area contributed by atoms with Crippen LogP contribution < -0.4 is 16.0 Å². The average Bonchev–Trinajstić information content (AvgIpc) is 3.14. The summed E-state index contributed by atoms with van der Waals surface area (Å²) in [4.78, 5) is 37.3. The number of hydrogen-bond acceptors (Lipinski definition) is 8. The van der Waals surface area contributed by atoms with E-state index >= 15 is 0 Å². The van der Waals surface area contributed by atoms with Crippen molar-refractivity contribution < 1.29 is 28.2 Å². The van der Waals surface area contributed by atoms with Crippen molar-refractivity contribution in [2.45, 2.75) is 17.9 Å². The lowest BCUT2D eigenvalue weighted by Crippen LogP contribution is -2.21. The van der Waals surface area contributed by atoms with E-state index in [9.17, 15) is 13.2 Å². The molecule has 0 amide bonds. The Morgan fingerprint density at radius 1 is 1.13 bits per heavy atom. The quantitative estimate of drug-likeness (QED) is 0.254. The summed E-state index contributed by atoms with van der Waals surface area (Å²) in [6, 6.07) is 8.28. The molecule has 0 unspecified atom stereocenters. The molecule has 2 heterocycles. The van der Waals surface area contributed by atoms with Gasteiger partial charge in [-0.05, 0) is 42.1 Å². The number of nitrogens with one attached hydrogen (secondary N) is 2. The maximum Gasteiger partial charge on any atom is 0.414 e. The number of aromatic amines is 1. The van der Waals surface area contributed by atoms with E-state index in [4.69, 9.17) is 24.9 Å². The van der Waals surface area contributed by atoms with Crippen molar-refractivity contribution in [3.05, 3.63) is 57.5 Å². The van der Waals surface area contributed by atoms with Crippen LogP contribution in [0.15, 0.2) is 45.4 Å². The van der Waals surface area contributed by atoms with Gasteiger partial charge in [-0.25, -0.2) is 28.1 Å². The van der Waals surface area contributed by atoms with E-state index in [1.54, 1.807) is 12.1 Å². The molecule has 1 aromatic carbocycles. The molecule has 0 aliphatic carbocycles. The molecule has 0 aliphatic heterocycles. The molecule has 30 heavy (non-hydrogen) atoms. The van der Waals surface area contributed by atoms with Gasteiger partial charge in [0.1, 0.15) is 10.5 Å². The van der Waals surface area contributed by atoms with Gasteiger partial charge in [-0.3, -0.25) is 4.79 Å². The molecular weight excluding hydrogens is 436 g/mol. The Bertz CT molecular complexity index is 1190. The molecular formula is C17H18N4O7S2. The minimum Gasteiger partial charge on any atom is -0.473 e. The highest BCUT2D eigenvalue weighted by atomic mass is 32.2. The summed E-state index contributed by atoms with van der Waals surface area (Å²) >= 11 is 1.37. The number of carboxylic acids is 2. The Morgan fingerprint density at radius 2 is 1.77 bits per heavy atom. The van der Waals surface area contributed by atoms with E-state index in [-0.39, 0.29) is 10.5 Å². The number of carbonyl (C=O) groups is 2. The van der Waals surface area contributed by atoms with Crippen LogP contribution in [0.5, 0.6) is 0 Å². The third-order valence-electron chi connectivity index (χ3n) is 3.68. The standard InChI is InChI=1S/C15H16N4O3S2.C2H2O4/c16-24(21,22)11-3-1-10(2-4-11)5-7-17-9-13-18-12-6-8-23-14(12)15(20)19-13;3-1(4)2(5)6/h1-4,6,8,17H,5,7,9H2,(H2,16,21,22)(H,18,19,20);(H,3,4)(H,5,6). The van der Waals surface area contributed by atoms with E-state index in [0.29, 0.717) is 29.1 Å². The van der Waals surface area contributed by atoms with Crippen molar-refractivity contribution in [2.24, 2.45) is 5.14 Å². The average molecular weight is 454 g/mol. The van der Waals surface area contributed by atoms with Gasteiger partial charge < -0.3 is 20.5 Å². The van der Waals surface area contributed by atoms with Gasteiger partial charge in [0.15, 0.2) is 0 Å². The Labute approximate surface area is 174 Å². The molecule has 0 bridgehead atoms. The number of fused-ring (bicyclic) bond motifs is 1. The van der Waals surface area contributed by atoms with Gasteiger partial charge in [-0.15, -0.1) is 11.3 Å². The lowest BCUT2D eigenvalue weighted by atomic mass is 10.1. The number of hydrogen-bond donors (Lipinski definition) is 5. The van der Waals surface area contributed by atoms with Crippen LogP contribution in [0, 0.1) is 0 Å². The molecule has 3 rings (SSSR count). The number of benzene rings is 1. The smallest absolute Gasteiger partial charge is 0.414 e. The van der Waals surface area contributed by atoms with Gasteiger partial charge in [-0.2, -0.15) is 0 Å². The Kier molecular flexibility index (Phi) is 7.77. The highest BCUT2D eigenvalue weighted by Gasteiger charge is 2.07. The summed E-state index contributed by atoms with van der Waals surface area (Å²) in [5, 5.41) is 24.9. The predicted octanol–water partition coefficient (Wildman–Crippen LogP) is 0.120. The third kappa shape index (κ3) is 6.73. The van der Waals surface area contributed by atoms with Gasteiger partial charge in [0, 0.05) is 0 Å². The number of sulfonamides is 1. The maximum absolute atomic E-state index is 11.9. The largest absolute Gasteiger partial charge is 0.473 e. The maximum atomic E-state index is 11.9. The van der Waals surface area contributed by atoms with Gasteiger partial charge in [0.25, 0.3) is 5.56 Å². The summed E-state index contributed by atoms with van der Waals surface area (Å²) < 4.78 is 23.0. The molecule has 0 fully saturated rings. The zero-order chi connectivity index (χ0) is 22.3. The number of H-pyrrole nitrogens is 1. The highest BCUT2D eigenvalue weighted by Crippen LogP contribution is 2.13. The molecule has 0 atom stereocenters. The summed E-state index contributed by atoms with van der Waals surface area (Å²) in [5.41, 5.74) is 1.58. The number of primary sulfonamides is 1. The Balaban J connectivity index is 0.000000469. The van der Waals surface area contributed by atoms with Gasteiger partial charge in [0.05, 0.1) is 17.0 Å². The highest BCUT2D eigenvalue weighted by molar-refractivity contribution is 7.89. The molecule has 11 nitrogen and oxygen atoms in total. The first kappa shape index (κ1) is 23.2. The van der Waals surface area contributed by atoms with Crippen molar-refractivity contribution in [2.75, 3.05) is 6.54 Å². The SMILES string of the molecule is NS(=O)(=O)c1ccc(CCNCc2nc3ccsc3c(=O)[nH]2)cc1.O=C(O)C(=O)O. The molecule has 0 saturated heterocycles. The van der Waals surface area contributed by atoms with Crippen LogP contribution in [0.2, 0.25) is 0 Å². The minimum atomic E-state index is -3.65. The summed E-state index contributed by atoms with van der Waals surface area (Å²) in [7, 11) is -3.65. The van der Waals surface area contributed by atoms with Crippen LogP contribution in [-0.2, 0) is 32.6 Å². The van der Waals surface area contributed by atoms with Crippen LogP contribution in [0.3, 0.4) is 0 Å². The second-order valence-corrected chi connectivity index (χ2v) is 8.35. The molecule has 2 aromatic heterocycles. The van der Waals surface area contributed by atoms with E-state index in [1.165, 1.54) is 23.5 Å². The first-order valence-corrected chi connectivity index (χ1v) is 10.8. The number of aromatic nitrogens is 2. The van der Waals surface area contributed by atoms with Crippen LogP contribution in [0.25, 0.3) is 10.2 Å². The second kappa shape index (κ2) is 10.1. The minimum absolute atomic E-state index is 0.102. The lowest BCUT2D eigenvalue weighted by Gasteiger charge is -2.05. The fourth-order valence-electron chi connectivity index (χ4n) is 2.29. The number of carboxylic acid groups (broad SMARTS) is 2. The van der Waals surface area contributed by atoms with Crippen molar-refractivity contribution in [1.29, 1.82) is 0 Å². The van der Waals surface area contributed by atoms with E-state index < -0.39 is 22.0 Å². The topological polar surface area (TPSA) is 193 Å². The number of nitrogens with zero attached hydrogens (tertiary/aromatic N) is 1. The normalized spacial score (nSPS) is 11.0. The fourth-order valence-corrected chi connectivity index (χ4v) is 3.53. The van der Waals surface area contributed by atoms with E-state index in [1.807, 2.05) is 11.4 Å². The second-order valence-electron chi connectivity index (χ2n) is 5.87. The van der Waals surface area contributed by atoms with E-state index in [2.05, 4.69) is 15.3 Å². The number of rotatable bonds is 6. The lowest BCUT2D eigenvalue weighted by molar-refractivity contribution is -0.159. The summed E-state index contributed by atoms with van der Waals surface area (Å²) in [6.45, 7) is 1.12. The van der Waals surface area contributed by atoms with Gasteiger partial charge >= 0.3 is 11.9 Å². The zero-order valence-corrected chi connectivity index (χ0v) is 17.0. The predicted molar refractivity (Wildman–Crippen MR) is 109 cm³/mol. The molecule has 0 spiro atoms. The fraction of sp³-hybridized carbons (Fsp3) is 0.176. The van der Waals surface area contributed by atoms with Crippen molar-refractivity contribution >= 4 is 43.5 Å². The zero-order valence-electron chi connectivity index (χ0n) is 15.4. The Morgan fingerprint density at radius 3 is 2.33 bits per heavy atom. The van der Waals surface area contributed by atoms with Crippen molar-refractivity contribution in [3.8, 4) is 0 Å². The number of nitrogens with two attached hydrogens (primary N) is 1. The van der Waals surface area contributed by atoms with Crippen LogP contribution in [0.4, 0.5) is 0 Å². The van der Waals surface area contributed by atoms with Gasteiger partial charge in [0.2, 0.25) is 10.0 Å². The monoisotopic (exact) mass is 454 g/mol. The molecule has 13 heteroatoms. The first-order chi connectivity index (χ1) is 14.1. The molecule has 0 saturated carbocycles. The third-order valence-corrected chi connectivity index (χ3v) is 5.51. The number of aliphatic carboxylic acids is 2. The van der Waals surface area contributed by atoms with Crippen LogP contribution >= 0.6 is 11.3 Å². The van der Waals surface area contributed by atoms with Crippen LogP contribution in [0.1, 0.15) is 11.4 Å². The molecule has 0 aliphatic rings. The molecule has 0 radical (unpaired) electrons. The van der Waals surface area contributed by atoms with E-state index in [0.717, 1.165) is 12.0 Å². The van der Waals surface area contributed by atoms with Crippen LogP contribution in [-0.4, -0.2) is 47.1 Å². The van der Waals surface area contributed by atoms with Gasteiger partial charge in [-0.1, -0.05) is 12.1 Å². The molecule has 160 valence electrons. The van der Waals surface area contributed by atoms with Crippen molar-refractivity contribution in [1.82, 2.24) is 15.3 Å². The molecule has 6 N–H and O–H groups in total. The van der Waals surface area contributed by atoms with Crippen molar-refractivity contribution in [3.63, 3.8) is 0 Å². The molecule has 3 aromatic rings.